The van der Waals surface area contributed by atoms with Gasteiger partial charge in [-0.3, -0.25) is 9.59 Å². The number of hydrogen-bond acceptors (Lipinski definition) is 4. The number of nitrogens with one attached hydrogen (secondary N) is 2. The summed E-state index contributed by atoms with van der Waals surface area (Å²) >= 11 is 0. The van der Waals surface area contributed by atoms with Gasteiger partial charge >= 0.3 is 0 Å². The minimum atomic E-state index is -0.187. The third kappa shape index (κ3) is 6.66. The number of carbonyl (C=O) groups is 2. The number of unbranched alkanes of at least 4 members (excludes halogenated alkanes) is 1. The molecule has 6 heteroatoms. The van der Waals surface area contributed by atoms with Gasteiger partial charge in [-0.1, -0.05) is 19.4 Å². The SMILES string of the molecule is CCCCOc1ccc(NCC(=O)Nc2cccc(C(=O)N(C)C)c2)cc1. The number of ether oxygens (including phenoxy) is 1. The zero-order chi connectivity index (χ0) is 19.6. The smallest absolute Gasteiger partial charge is 0.253 e. The third-order valence-corrected chi connectivity index (χ3v) is 3.87. The molecule has 2 rings (SSSR count). The minimum Gasteiger partial charge on any atom is -0.494 e. The van der Waals surface area contributed by atoms with Gasteiger partial charge in [-0.15, -0.1) is 0 Å². The van der Waals surface area contributed by atoms with Gasteiger partial charge in [0.05, 0.1) is 13.2 Å². The van der Waals surface area contributed by atoms with Crippen molar-refractivity contribution in [3.8, 4) is 5.75 Å². The Bertz CT molecular complexity index is 758. The Morgan fingerprint density at radius 1 is 1.04 bits per heavy atom. The fraction of sp³-hybridized carbons (Fsp3) is 0.333. The van der Waals surface area contributed by atoms with Crippen molar-refractivity contribution in [2.45, 2.75) is 19.8 Å². The number of benzene rings is 2. The van der Waals surface area contributed by atoms with Crippen LogP contribution in [0.4, 0.5) is 11.4 Å². The van der Waals surface area contributed by atoms with E-state index in [1.54, 1.807) is 38.4 Å². The molecular formula is C21H27N3O3. The Balaban J connectivity index is 1.84. The van der Waals surface area contributed by atoms with Crippen LogP contribution in [-0.4, -0.2) is 44.0 Å². The molecule has 0 bridgehead atoms. The summed E-state index contributed by atoms with van der Waals surface area (Å²) in [5.74, 6) is 0.527. The second-order valence-electron chi connectivity index (χ2n) is 6.41. The number of carbonyl (C=O) groups excluding carboxylic acids is 2. The summed E-state index contributed by atoms with van der Waals surface area (Å²) in [4.78, 5) is 25.6. The quantitative estimate of drug-likeness (QED) is 0.663. The van der Waals surface area contributed by atoms with Gasteiger partial charge in [0.1, 0.15) is 5.75 Å². The van der Waals surface area contributed by atoms with Crippen LogP contribution in [0.2, 0.25) is 0 Å². The summed E-state index contributed by atoms with van der Waals surface area (Å²) in [7, 11) is 3.38. The zero-order valence-electron chi connectivity index (χ0n) is 16.1. The maximum absolute atomic E-state index is 12.1. The van der Waals surface area contributed by atoms with E-state index in [-0.39, 0.29) is 18.4 Å². The number of hydrogen-bond donors (Lipinski definition) is 2. The molecule has 0 spiro atoms. The fourth-order valence-electron chi connectivity index (χ4n) is 2.38. The standard InChI is InChI=1S/C21H27N3O3/c1-4-5-13-27-19-11-9-17(10-12-19)22-15-20(25)23-18-8-6-7-16(14-18)21(26)24(2)3/h6-12,14,22H,4-5,13,15H2,1-3H3,(H,23,25). The highest BCUT2D eigenvalue weighted by Crippen LogP contribution is 2.16. The van der Waals surface area contributed by atoms with Crippen molar-refractivity contribution in [1.82, 2.24) is 4.90 Å². The zero-order valence-corrected chi connectivity index (χ0v) is 16.1. The van der Waals surface area contributed by atoms with Gasteiger partial charge in [-0.05, 0) is 48.9 Å². The van der Waals surface area contributed by atoms with Crippen molar-refractivity contribution in [2.75, 3.05) is 37.9 Å². The first-order valence-corrected chi connectivity index (χ1v) is 9.08. The van der Waals surface area contributed by atoms with E-state index in [4.69, 9.17) is 4.74 Å². The maximum atomic E-state index is 12.1. The predicted molar refractivity (Wildman–Crippen MR) is 108 cm³/mol. The highest BCUT2D eigenvalue weighted by Gasteiger charge is 2.09. The number of anilines is 2. The molecule has 144 valence electrons. The Morgan fingerprint density at radius 2 is 1.78 bits per heavy atom. The molecule has 0 aromatic heterocycles. The molecule has 0 aliphatic carbocycles. The van der Waals surface area contributed by atoms with Crippen LogP contribution in [0, 0.1) is 0 Å². The number of rotatable bonds is 9. The highest BCUT2D eigenvalue weighted by molar-refractivity contribution is 5.97. The van der Waals surface area contributed by atoms with Crippen LogP contribution in [-0.2, 0) is 4.79 Å². The second-order valence-corrected chi connectivity index (χ2v) is 6.41. The summed E-state index contributed by atoms with van der Waals surface area (Å²) in [5, 5.41) is 5.87. The molecule has 27 heavy (non-hydrogen) atoms. The third-order valence-electron chi connectivity index (χ3n) is 3.87. The van der Waals surface area contributed by atoms with Crippen molar-refractivity contribution >= 4 is 23.2 Å². The van der Waals surface area contributed by atoms with Gasteiger partial charge in [-0.25, -0.2) is 0 Å². The van der Waals surface area contributed by atoms with Gasteiger partial charge < -0.3 is 20.3 Å². The van der Waals surface area contributed by atoms with Crippen LogP contribution in [0.5, 0.6) is 5.75 Å². The van der Waals surface area contributed by atoms with Gasteiger partial charge in [0, 0.05) is 31.0 Å². The Labute approximate surface area is 160 Å². The molecule has 0 atom stereocenters. The molecule has 2 amide bonds. The first-order chi connectivity index (χ1) is 13.0. The van der Waals surface area contributed by atoms with E-state index >= 15 is 0 Å². The summed E-state index contributed by atoms with van der Waals surface area (Å²) in [6.07, 6.45) is 2.13. The molecule has 2 aromatic carbocycles. The number of amides is 2. The first kappa shape index (κ1) is 20.3. The normalized spacial score (nSPS) is 10.2. The lowest BCUT2D eigenvalue weighted by molar-refractivity contribution is -0.114. The lowest BCUT2D eigenvalue weighted by Gasteiger charge is -2.12. The van der Waals surface area contributed by atoms with E-state index in [0.29, 0.717) is 17.9 Å². The molecule has 2 aromatic rings. The second kappa shape index (κ2) is 10.2. The molecule has 0 saturated carbocycles. The van der Waals surface area contributed by atoms with Crippen molar-refractivity contribution in [3.63, 3.8) is 0 Å². The molecule has 0 aliphatic heterocycles. The van der Waals surface area contributed by atoms with E-state index in [1.807, 2.05) is 24.3 Å². The van der Waals surface area contributed by atoms with Gasteiger partial charge in [0.15, 0.2) is 0 Å². The Kier molecular flexibility index (Phi) is 7.67. The maximum Gasteiger partial charge on any atom is 0.253 e. The summed E-state index contributed by atoms with van der Waals surface area (Å²) in [6.45, 7) is 2.96. The average Bonchev–Trinajstić information content (AvgIpc) is 2.67. The Hall–Kier alpha value is -3.02. The van der Waals surface area contributed by atoms with E-state index in [9.17, 15) is 9.59 Å². The summed E-state index contributed by atoms with van der Waals surface area (Å²) in [6, 6.07) is 14.4. The lowest BCUT2D eigenvalue weighted by atomic mass is 10.2. The molecule has 0 fully saturated rings. The summed E-state index contributed by atoms with van der Waals surface area (Å²) < 4.78 is 5.62. The topological polar surface area (TPSA) is 70.7 Å². The molecule has 0 aliphatic rings. The van der Waals surface area contributed by atoms with Crippen LogP contribution in [0.25, 0.3) is 0 Å². The van der Waals surface area contributed by atoms with Crippen molar-refractivity contribution in [2.24, 2.45) is 0 Å². The molecule has 6 nitrogen and oxygen atoms in total. The molecule has 0 unspecified atom stereocenters. The van der Waals surface area contributed by atoms with E-state index in [2.05, 4.69) is 17.6 Å². The van der Waals surface area contributed by atoms with E-state index in [1.165, 1.54) is 4.90 Å². The minimum absolute atomic E-state index is 0.106. The van der Waals surface area contributed by atoms with Crippen LogP contribution < -0.4 is 15.4 Å². The lowest BCUT2D eigenvalue weighted by Crippen LogP contribution is -2.23. The molecule has 0 heterocycles. The highest BCUT2D eigenvalue weighted by atomic mass is 16.5. The fourth-order valence-corrected chi connectivity index (χ4v) is 2.38. The van der Waals surface area contributed by atoms with E-state index < -0.39 is 0 Å². The average molecular weight is 369 g/mol. The van der Waals surface area contributed by atoms with Crippen LogP contribution in [0.3, 0.4) is 0 Å². The predicted octanol–water partition coefficient (Wildman–Crippen LogP) is 3.62. The van der Waals surface area contributed by atoms with Crippen molar-refractivity contribution in [3.05, 3.63) is 54.1 Å². The Morgan fingerprint density at radius 3 is 2.44 bits per heavy atom. The van der Waals surface area contributed by atoms with Crippen molar-refractivity contribution in [1.29, 1.82) is 0 Å². The van der Waals surface area contributed by atoms with Crippen LogP contribution in [0.1, 0.15) is 30.1 Å². The van der Waals surface area contributed by atoms with E-state index in [0.717, 1.165) is 24.3 Å². The summed E-state index contributed by atoms with van der Waals surface area (Å²) in [5.41, 5.74) is 1.96. The number of nitrogens with zero attached hydrogens (tertiary/aromatic N) is 1. The first-order valence-electron chi connectivity index (χ1n) is 9.08. The molecule has 0 saturated heterocycles. The molecule has 2 N–H and O–H groups in total. The van der Waals surface area contributed by atoms with Gasteiger partial charge in [0.25, 0.3) is 5.91 Å². The van der Waals surface area contributed by atoms with Crippen LogP contribution >= 0.6 is 0 Å². The molecule has 0 radical (unpaired) electrons. The van der Waals surface area contributed by atoms with Gasteiger partial charge in [-0.2, -0.15) is 0 Å². The monoisotopic (exact) mass is 369 g/mol. The van der Waals surface area contributed by atoms with Gasteiger partial charge in [0.2, 0.25) is 5.91 Å². The van der Waals surface area contributed by atoms with Crippen LogP contribution in [0.15, 0.2) is 48.5 Å². The molecular weight excluding hydrogens is 342 g/mol. The largest absolute Gasteiger partial charge is 0.494 e. The van der Waals surface area contributed by atoms with Crippen molar-refractivity contribution < 1.29 is 14.3 Å².